The average Bonchev–Trinajstić information content (AvgIpc) is 3.48. The van der Waals surface area contributed by atoms with Crippen molar-refractivity contribution in [3.05, 3.63) is 82.7 Å². The number of fused-ring (bicyclic) bond motifs is 2. The molecule has 1 saturated heterocycles. The van der Waals surface area contributed by atoms with E-state index in [1.165, 1.54) is 6.07 Å². The molecule has 2 aliphatic rings. The van der Waals surface area contributed by atoms with Gasteiger partial charge in [-0.2, -0.15) is 13.2 Å². The van der Waals surface area contributed by atoms with Crippen molar-refractivity contribution in [3.63, 3.8) is 0 Å². The molecule has 242 valence electrons. The molecule has 0 unspecified atom stereocenters. The number of benzene rings is 2. The number of urea groups is 1. The van der Waals surface area contributed by atoms with Gasteiger partial charge >= 0.3 is 12.2 Å². The Labute approximate surface area is 264 Å². The van der Waals surface area contributed by atoms with Gasteiger partial charge in [-0.15, -0.1) is 0 Å². The Morgan fingerprint density at radius 3 is 2.59 bits per heavy atom. The molecule has 1 fully saturated rings. The average molecular weight is 636 g/mol. The molecule has 4 aromatic rings. The molecule has 2 aliphatic heterocycles. The maximum atomic E-state index is 14.1. The zero-order valence-electron chi connectivity index (χ0n) is 25.7. The van der Waals surface area contributed by atoms with Crippen LogP contribution in [0.15, 0.2) is 54.7 Å². The zero-order valence-corrected chi connectivity index (χ0v) is 25.7. The summed E-state index contributed by atoms with van der Waals surface area (Å²) in [4.78, 5) is 38.0. The second-order valence-corrected chi connectivity index (χ2v) is 11.9. The van der Waals surface area contributed by atoms with Crippen LogP contribution in [0, 0.1) is 0 Å². The third kappa shape index (κ3) is 6.65. The van der Waals surface area contributed by atoms with Crippen molar-refractivity contribution in [2.75, 3.05) is 45.1 Å². The monoisotopic (exact) mass is 635 g/mol. The molecule has 2 aromatic heterocycles. The molecule has 1 atom stereocenters. The number of likely N-dealkylation sites (N-methyl/N-ethyl adjacent to an activating group) is 1. The fraction of sp³-hybridized carbons (Fsp3) is 0.364. The lowest BCUT2D eigenvalue weighted by Crippen LogP contribution is -2.44. The van der Waals surface area contributed by atoms with E-state index in [4.69, 9.17) is 10.5 Å². The minimum absolute atomic E-state index is 0.0377. The molecule has 0 spiro atoms. The van der Waals surface area contributed by atoms with Crippen molar-refractivity contribution in [2.45, 2.75) is 38.5 Å². The molecular weight excluding hydrogens is 599 g/mol. The van der Waals surface area contributed by atoms with E-state index in [9.17, 15) is 22.8 Å². The second-order valence-electron chi connectivity index (χ2n) is 11.9. The molecule has 13 heteroatoms. The molecule has 3 amide bonds. The molecule has 46 heavy (non-hydrogen) atoms. The summed E-state index contributed by atoms with van der Waals surface area (Å²) in [6.07, 6.45) is -2.24. The number of pyridine rings is 1. The predicted octanol–water partition coefficient (Wildman–Crippen LogP) is 5.76. The Kier molecular flexibility index (Phi) is 8.62. The normalized spacial score (nSPS) is 17.6. The highest BCUT2D eigenvalue weighted by Gasteiger charge is 2.35. The van der Waals surface area contributed by atoms with Gasteiger partial charge in [0.25, 0.3) is 5.91 Å². The number of anilines is 1. The lowest BCUT2D eigenvalue weighted by molar-refractivity contribution is -0.138. The number of carbonyl (C=O) groups excluding carboxylic acids is 2. The topological polar surface area (TPSA) is 120 Å². The molecule has 6 rings (SSSR count). The Morgan fingerprint density at radius 1 is 1.09 bits per heavy atom. The standard InChI is InChI=1S/C33H36F3N7O3/c1-3-20-18-43(32(45)39-23-5-4-21(27(15-23)33(34,35)36)17-42-12-10-41(2)11-13-42)19-22-14-24(6-7-25(20)22)46-29-8-9-38-31-26(29)16-28(40-31)30(37)44/h4-9,14-16,20H,3,10-13,17-19H2,1-2H3,(H2,37,44)(H,38,40)(H,39,45)/t20-/m0/s1. The number of H-pyrrole nitrogens is 1. The van der Waals surface area contributed by atoms with E-state index in [2.05, 4.69) is 20.2 Å². The van der Waals surface area contributed by atoms with E-state index >= 15 is 0 Å². The number of ether oxygens (including phenoxy) is 1. The van der Waals surface area contributed by atoms with Gasteiger partial charge in [0.1, 0.15) is 22.8 Å². The fourth-order valence-electron chi connectivity index (χ4n) is 6.18. The minimum atomic E-state index is -4.56. The van der Waals surface area contributed by atoms with E-state index < -0.39 is 23.7 Å². The van der Waals surface area contributed by atoms with Crippen molar-refractivity contribution in [1.29, 1.82) is 0 Å². The number of alkyl halides is 3. The summed E-state index contributed by atoms with van der Waals surface area (Å²) in [5.74, 6) is 0.423. The molecule has 0 bridgehead atoms. The van der Waals surface area contributed by atoms with Crippen molar-refractivity contribution >= 4 is 28.7 Å². The van der Waals surface area contributed by atoms with E-state index in [-0.39, 0.29) is 36.0 Å². The third-order valence-corrected chi connectivity index (χ3v) is 8.78. The molecule has 0 aliphatic carbocycles. The SMILES string of the molecule is CC[C@H]1CN(C(=O)Nc2ccc(CN3CCN(C)CC3)c(C(F)(F)F)c2)Cc2cc(Oc3ccnc4[nH]c(C(N)=O)cc34)ccc21. The number of carbonyl (C=O) groups is 2. The Balaban J connectivity index is 1.19. The highest BCUT2D eigenvalue weighted by atomic mass is 19.4. The maximum Gasteiger partial charge on any atom is 0.416 e. The fourth-order valence-corrected chi connectivity index (χ4v) is 6.18. The van der Waals surface area contributed by atoms with Gasteiger partial charge in [-0.3, -0.25) is 9.69 Å². The van der Waals surface area contributed by atoms with Crippen LogP contribution in [0.1, 0.15) is 52.0 Å². The lowest BCUT2D eigenvalue weighted by Gasteiger charge is -2.35. The number of halogens is 3. The molecular formula is C33H36F3N7O3. The summed E-state index contributed by atoms with van der Waals surface area (Å²) in [6.45, 7) is 5.91. The van der Waals surface area contributed by atoms with E-state index in [0.29, 0.717) is 42.2 Å². The van der Waals surface area contributed by atoms with Crippen LogP contribution in [-0.2, 0) is 19.3 Å². The van der Waals surface area contributed by atoms with Crippen LogP contribution in [0.5, 0.6) is 11.5 Å². The van der Waals surface area contributed by atoms with Crippen molar-refractivity contribution in [3.8, 4) is 11.5 Å². The number of nitrogens with two attached hydrogens (primary N) is 1. The molecule has 0 saturated carbocycles. The number of primary amides is 1. The highest BCUT2D eigenvalue weighted by molar-refractivity contribution is 5.97. The van der Waals surface area contributed by atoms with Crippen LogP contribution in [0.25, 0.3) is 11.0 Å². The number of amides is 3. The maximum absolute atomic E-state index is 14.1. The predicted molar refractivity (Wildman–Crippen MR) is 168 cm³/mol. The molecule has 0 radical (unpaired) electrons. The molecule has 2 aromatic carbocycles. The van der Waals surface area contributed by atoms with Crippen molar-refractivity contribution in [1.82, 2.24) is 24.7 Å². The zero-order chi connectivity index (χ0) is 32.6. The van der Waals surface area contributed by atoms with Crippen LogP contribution in [0.4, 0.5) is 23.7 Å². The third-order valence-electron chi connectivity index (χ3n) is 8.78. The number of aromatic amines is 1. The first-order valence-corrected chi connectivity index (χ1v) is 15.2. The largest absolute Gasteiger partial charge is 0.457 e. The van der Waals surface area contributed by atoms with Gasteiger partial charge in [-0.05, 0) is 66.6 Å². The highest BCUT2D eigenvalue weighted by Crippen LogP contribution is 2.37. The molecule has 4 N–H and O–H groups in total. The number of piperazine rings is 1. The van der Waals surface area contributed by atoms with E-state index in [1.54, 1.807) is 29.3 Å². The molecule has 10 nitrogen and oxygen atoms in total. The number of nitrogens with one attached hydrogen (secondary N) is 2. The Hall–Kier alpha value is -4.62. The summed E-state index contributed by atoms with van der Waals surface area (Å²) in [5.41, 5.74) is 7.59. The van der Waals surface area contributed by atoms with Gasteiger partial charge in [0.2, 0.25) is 0 Å². The van der Waals surface area contributed by atoms with Gasteiger partial charge in [-0.25, -0.2) is 9.78 Å². The van der Waals surface area contributed by atoms with Crippen LogP contribution in [0.2, 0.25) is 0 Å². The minimum Gasteiger partial charge on any atom is -0.457 e. The Morgan fingerprint density at radius 2 is 1.87 bits per heavy atom. The van der Waals surface area contributed by atoms with Crippen LogP contribution in [0.3, 0.4) is 0 Å². The Bertz CT molecular complexity index is 1770. The summed E-state index contributed by atoms with van der Waals surface area (Å²) >= 11 is 0. The van der Waals surface area contributed by atoms with Gasteiger partial charge in [-0.1, -0.05) is 19.1 Å². The lowest BCUT2D eigenvalue weighted by atomic mass is 9.88. The summed E-state index contributed by atoms with van der Waals surface area (Å²) in [6, 6.07) is 12.5. The van der Waals surface area contributed by atoms with E-state index in [0.717, 1.165) is 36.7 Å². The van der Waals surface area contributed by atoms with Gasteiger partial charge in [0, 0.05) is 63.6 Å². The number of nitrogens with zero attached hydrogens (tertiary/aromatic N) is 4. The van der Waals surface area contributed by atoms with Crippen LogP contribution >= 0.6 is 0 Å². The summed E-state index contributed by atoms with van der Waals surface area (Å²) < 4.78 is 48.6. The second kappa shape index (κ2) is 12.6. The quantitative estimate of drug-likeness (QED) is 0.238. The summed E-state index contributed by atoms with van der Waals surface area (Å²) in [5, 5.41) is 3.30. The van der Waals surface area contributed by atoms with E-state index in [1.807, 2.05) is 37.1 Å². The first kappa shape index (κ1) is 31.4. The molecule has 4 heterocycles. The van der Waals surface area contributed by atoms with Crippen LogP contribution in [-0.4, -0.2) is 76.4 Å². The number of hydrogen-bond donors (Lipinski definition) is 3. The van der Waals surface area contributed by atoms with Crippen LogP contribution < -0.4 is 15.8 Å². The number of aromatic nitrogens is 2. The first-order chi connectivity index (χ1) is 22.0. The van der Waals surface area contributed by atoms with Crippen molar-refractivity contribution < 1.29 is 27.5 Å². The summed E-state index contributed by atoms with van der Waals surface area (Å²) in [7, 11) is 2.00. The number of hydrogen-bond acceptors (Lipinski definition) is 6. The van der Waals surface area contributed by atoms with Gasteiger partial charge in [0.05, 0.1) is 10.9 Å². The first-order valence-electron chi connectivity index (χ1n) is 15.2. The van der Waals surface area contributed by atoms with Gasteiger partial charge in [0.15, 0.2) is 0 Å². The van der Waals surface area contributed by atoms with Gasteiger partial charge < -0.3 is 30.6 Å². The smallest absolute Gasteiger partial charge is 0.416 e. The number of rotatable bonds is 7. The van der Waals surface area contributed by atoms with Crippen molar-refractivity contribution in [2.24, 2.45) is 5.73 Å².